The summed E-state index contributed by atoms with van der Waals surface area (Å²) >= 11 is 0. The maximum atomic E-state index is 11.7. The van der Waals surface area contributed by atoms with Crippen molar-refractivity contribution in [2.24, 2.45) is 5.73 Å². The van der Waals surface area contributed by atoms with E-state index in [4.69, 9.17) is 5.73 Å². The van der Waals surface area contributed by atoms with Gasteiger partial charge in [0.05, 0.1) is 5.69 Å². The highest BCUT2D eigenvalue weighted by atomic mass is 16.1. The van der Waals surface area contributed by atoms with Crippen molar-refractivity contribution in [3.63, 3.8) is 0 Å². The van der Waals surface area contributed by atoms with Crippen molar-refractivity contribution >= 4 is 16.8 Å². The first-order valence-electron chi connectivity index (χ1n) is 7.98. The molecule has 0 saturated heterocycles. The second-order valence-corrected chi connectivity index (χ2v) is 5.91. The molecule has 0 fully saturated rings. The number of benzene rings is 2. The lowest BCUT2D eigenvalue weighted by atomic mass is 10.0. The number of hydrogen-bond acceptors (Lipinski definition) is 3. The van der Waals surface area contributed by atoms with Crippen LogP contribution < -0.4 is 5.73 Å². The van der Waals surface area contributed by atoms with Crippen molar-refractivity contribution in [1.82, 2.24) is 15.2 Å². The van der Waals surface area contributed by atoms with Crippen molar-refractivity contribution in [2.75, 3.05) is 0 Å². The minimum absolute atomic E-state index is 0.214. The van der Waals surface area contributed by atoms with Gasteiger partial charge < -0.3 is 10.7 Å². The molecule has 4 aromatic rings. The summed E-state index contributed by atoms with van der Waals surface area (Å²) in [5.41, 5.74) is 10.3. The Bertz CT molecular complexity index is 1050. The number of amides is 1. The van der Waals surface area contributed by atoms with Gasteiger partial charge in [-0.2, -0.15) is 0 Å². The molecule has 0 aliphatic heterocycles. The molecule has 0 spiro atoms. The fraction of sp³-hybridized carbons (Fsp3) is 0.0500. The molecule has 0 saturated carbocycles. The maximum absolute atomic E-state index is 11.7. The summed E-state index contributed by atoms with van der Waals surface area (Å²) in [6.45, 7) is 0. The molecule has 5 heteroatoms. The van der Waals surface area contributed by atoms with Gasteiger partial charge in [-0.25, -0.2) is 0 Å². The van der Waals surface area contributed by atoms with E-state index in [0.29, 0.717) is 6.42 Å². The van der Waals surface area contributed by atoms with E-state index in [9.17, 15) is 4.79 Å². The van der Waals surface area contributed by atoms with Gasteiger partial charge in [-0.3, -0.25) is 4.79 Å². The predicted molar refractivity (Wildman–Crippen MR) is 97.1 cm³/mol. The van der Waals surface area contributed by atoms with Gasteiger partial charge in [0.25, 0.3) is 5.91 Å². The first kappa shape index (κ1) is 15.1. The lowest BCUT2D eigenvalue weighted by Crippen LogP contribution is -2.17. The van der Waals surface area contributed by atoms with Gasteiger partial charge in [-0.05, 0) is 41.1 Å². The van der Waals surface area contributed by atoms with Gasteiger partial charge in [-0.1, -0.05) is 42.5 Å². The van der Waals surface area contributed by atoms with Gasteiger partial charge in [0, 0.05) is 17.3 Å². The number of nitrogens with two attached hydrogens (primary N) is 1. The lowest BCUT2D eigenvalue weighted by Gasteiger charge is -2.08. The van der Waals surface area contributed by atoms with E-state index in [1.54, 1.807) is 0 Å². The smallest absolute Gasteiger partial charge is 0.269 e. The van der Waals surface area contributed by atoms with Crippen LogP contribution in [0.15, 0.2) is 66.9 Å². The number of nitrogens with zero attached hydrogens (tertiary/aromatic N) is 2. The number of carbonyl (C=O) groups is 1. The Morgan fingerprint density at radius 2 is 1.84 bits per heavy atom. The van der Waals surface area contributed by atoms with Gasteiger partial charge in [-0.15, -0.1) is 10.2 Å². The van der Waals surface area contributed by atoms with Crippen LogP contribution in [0.2, 0.25) is 0 Å². The molecule has 2 heterocycles. The van der Waals surface area contributed by atoms with Crippen LogP contribution in [0, 0.1) is 0 Å². The van der Waals surface area contributed by atoms with Crippen LogP contribution in [0.1, 0.15) is 21.6 Å². The first-order valence-corrected chi connectivity index (χ1v) is 7.98. The van der Waals surface area contributed by atoms with Crippen LogP contribution in [0.3, 0.4) is 0 Å². The average Bonchev–Trinajstić information content (AvgIpc) is 3.10. The van der Waals surface area contributed by atoms with Gasteiger partial charge >= 0.3 is 0 Å². The SMILES string of the molecule is NC(=O)c1nnc(-c2ccccc2)cc1Cc1ccc2cc[nH]c2c1. The van der Waals surface area contributed by atoms with E-state index in [0.717, 1.165) is 33.3 Å². The van der Waals surface area contributed by atoms with Crippen LogP contribution in [0.5, 0.6) is 0 Å². The summed E-state index contributed by atoms with van der Waals surface area (Å²) in [6.07, 6.45) is 2.47. The first-order chi connectivity index (χ1) is 12.2. The monoisotopic (exact) mass is 328 g/mol. The van der Waals surface area contributed by atoms with Crippen LogP contribution in [-0.2, 0) is 6.42 Å². The highest BCUT2D eigenvalue weighted by molar-refractivity contribution is 5.92. The fourth-order valence-corrected chi connectivity index (χ4v) is 2.95. The number of nitrogens with one attached hydrogen (secondary N) is 1. The quantitative estimate of drug-likeness (QED) is 0.603. The summed E-state index contributed by atoms with van der Waals surface area (Å²) in [4.78, 5) is 14.9. The van der Waals surface area contributed by atoms with Crippen molar-refractivity contribution in [1.29, 1.82) is 0 Å². The Morgan fingerprint density at radius 3 is 2.64 bits per heavy atom. The fourth-order valence-electron chi connectivity index (χ4n) is 2.95. The molecule has 2 aromatic carbocycles. The molecule has 2 aromatic heterocycles. The molecule has 0 atom stereocenters. The van der Waals surface area contributed by atoms with Gasteiger partial charge in [0.1, 0.15) is 0 Å². The summed E-state index contributed by atoms with van der Waals surface area (Å²) in [5.74, 6) is -0.567. The van der Waals surface area contributed by atoms with Crippen molar-refractivity contribution in [3.05, 3.63) is 83.7 Å². The average molecular weight is 328 g/mol. The highest BCUT2D eigenvalue weighted by Crippen LogP contribution is 2.22. The molecule has 3 N–H and O–H groups in total. The summed E-state index contributed by atoms with van der Waals surface area (Å²) in [5, 5.41) is 9.38. The Labute approximate surface area is 144 Å². The molecule has 0 aliphatic rings. The van der Waals surface area contributed by atoms with Crippen molar-refractivity contribution in [3.8, 4) is 11.3 Å². The number of aromatic amines is 1. The third-order valence-corrected chi connectivity index (χ3v) is 4.19. The highest BCUT2D eigenvalue weighted by Gasteiger charge is 2.14. The third-order valence-electron chi connectivity index (χ3n) is 4.19. The Morgan fingerprint density at radius 1 is 1.00 bits per heavy atom. The third kappa shape index (κ3) is 2.99. The van der Waals surface area contributed by atoms with Crippen LogP contribution in [0.4, 0.5) is 0 Å². The number of primary amides is 1. The molecule has 5 nitrogen and oxygen atoms in total. The molecule has 0 bridgehead atoms. The standard InChI is InChI=1S/C20H16N4O/c21-20(25)19-16(10-13-6-7-15-8-9-22-17(15)11-13)12-18(23-24-19)14-4-2-1-3-5-14/h1-9,11-12,22H,10H2,(H2,21,25). The summed E-state index contributed by atoms with van der Waals surface area (Å²) in [6, 6.07) is 19.8. The van der Waals surface area contributed by atoms with Crippen molar-refractivity contribution < 1.29 is 4.79 Å². The summed E-state index contributed by atoms with van der Waals surface area (Å²) in [7, 11) is 0. The van der Waals surface area contributed by atoms with Crippen LogP contribution in [-0.4, -0.2) is 21.1 Å². The molecular weight excluding hydrogens is 312 g/mol. The minimum Gasteiger partial charge on any atom is -0.364 e. The zero-order chi connectivity index (χ0) is 17.2. The molecule has 122 valence electrons. The molecule has 4 rings (SSSR count). The van der Waals surface area contributed by atoms with Crippen LogP contribution >= 0.6 is 0 Å². The molecule has 25 heavy (non-hydrogen) atoms. The number of rotatable bonds is 4. The van der Waals surface area contributed by atoms with Gasteiger partial charge in [0.15, 0.2) is 5.69 Å². The second-order valence-electron chi connectivity index (χ2n) is 5.91. The lowest BCUT2D eigenvalue weighted by molar-refractivity contribution is 0.0994. The number of fused-ring (bicyclic) bond motifs is 1. The zero-order valence-electron chi connectivity index (χ0n) is 13.4. The Balaban J connectivity index is 1.76. The molecule has 1 amide bonds. The van der Waals surface area contributed by atoms with E-state index in [1.165, 1.54) is 0 Å². The second kappa shape index (κ2) is 6.20. The van der Waals surface area contributed by atoms with E-state index in [1.807, 2.05) is 54.7 Å². The largest absolute Gasteiger partial charge is 0.364 e. The number of aromatic nitrogens is 3. The maximum Gasteiger partial charge on any atom is 0.269 e. The van der Waals surface area contributed by atoms with E-state index >= 15 is 0 Å². The minimum atomic E-state index is -0.567. The van der Waals surface area contributed by atoms with E-state index in [2.05, 4.69) is 27.3 Å². The Kier molecular flexibility index (Phi) is 3.74. The number of carbonyl (C=O) groups excluding carboxylic acids is 1. The number of hydrogen-bond donors (Lipinski definition) is 2. The normalized spacial score (nSPS) is 10.9. The van der Waals surface area contributed by atoms with E-state index in [-0.39, 0.29) is 5.69 Å². The zero-order valence-corrected chi connectivity index (χ0v) is 13.4. The molecule has 0 radical (unpaired) electrons. The topological polar surface area (TPSA) is 84.7 Å². The predicted octanol–water partition coefficient (Wildman–Crippen LogP) is 3.31. The molecular formula is C20H16N4O. The molecule has 0 aliphatic carbocycles. The van der Waals surface area contributed by atoms with Crippen LogP contribution in [0.25, 0.3) is 22.2 Å². The van der Waals surface area contributed by atoms with Crippen molar-refractivity contribution in [2.45, 2.75) is 6.42 Å². The summed E-state index contributed by atoms with van der Waals surface area (Å²) < 4.78 is 0. The van der Waals surface area contributed by atoms with Gasteiger partial charge in [0.2, 0.25) is 0 Å². The molecule has 0 unspecified atom stereocenters. The number of H-pyrrole nitrogens is 1. The Hall–Kier alpha value is -3.47. The van der Waals surface area contributed by atoms with E-state index < -0.39 is 5.91 Å².